The summed E-state index contributed by atoms with van der Waals surface area (Å²) < 4.78 is 5.18. The van der Waals surface area contributed by atoms with E-state index >= 15 is 0 Å². The molecule has 6 nitrogen and oxygen atoms in total. The number of carbonyl (C=O) groups is 1. The molecule has 0 aliphatic rings. The molecule has 0 aromatic carbocycles. The quantitative estimate of drug-likeness (QED) is 0.673. The van der Waals surface area contributed by atoms with Gasteiger partial charge < -0.3 is 20.5 Å². The van der Waals surface area contributed by atoms with Crippen molar-refractivity contribution in [2.75, 3.05) is 33.4 Å². The third kappa shape index (κ3) is 4.01. The van der Waals surface area contributed by atoms with Crippen LogP contribution in [0.3, 0.4) is 0 Å². The van der Waals surface area contributed by atoms with E-state index in [1.165, 1.54) is 23.4 Å². The van der Waals surface area contributed by atoms with Crippen LogP contribution in [-0.4, -0.2) is 54.2 Å². The summed E-state index contributed by atoms with van der Waals surface area (Å²) in [5.41, 5.74) is 5.51. The van der Waals surface area contributed by atoms with Crippen molar-refractivity contribution in [2.45, 2.75) is 0 Å². The Morgan fingerprint density at radius 2 is 2.35 bits per heavy atom. The summed E-state index contributed by atoms with van der Waals surface area (Å²) in [4.78, 5) is 17.1. The number of hydrogen-bond donors (Lipinski definition) is 2. The monoisotopic (exact) mass is 239 g/mol. The Hall–Kier alpha value is -1.66. The van der Waals surface area contributed by atoms with Crippen LogP contribution in [0, 0.1) is 0 Å². The summed E-state index contributed by atoms with van der Waals surface area (Å²) in [7, 11) is 1.65. The summed E-state index contributed by atoms with van der Waals surface area (Å²) in [6.07, 6.45) is 2.71. The predicted molar refractivity (Wildman–Crippen MR) is 62.7 cm³/mol. The summed E-state index contributed by atoms with van der Waals surface area (Å²) in [6.45, 7) is 1.80. The van der Waals surface area contributed by atoms with Crippen LogP contribution in [0.1, 0.15) is 10.4 Å². The van der Waals surface area contributed by atoms with Gasteiger partial charge in [0.15, 0.2) is 0 Å². The minimum atomic E-state index is -0.263. The Bertz CT molecular complexity index is 371. The number of amides is 1. The molecule has 0 fully saturated rings. The van der Waals surface area contributed by atoms with Crippen molar-refractivity contribution in [1.82, 2.24) is 9.88 Å². The second-order valence-corrected chi connectivity index (χ2v) is 3.52. The van der Waals surface area contributed by atoms with Crippen molar-refractivity contribution in [2.24, 2.45) is 5.73 Å². The van der Waals surface area contributed by atoms with Gasteiger partial charge in [-0.25, -0.2) is 0 Å². The van der Waals surface area contributed by atoms with Crippen LogP contribution in [0.5, 0.6) is 5.75 Å². The van der Waals surface area contributed by atoms with Crippen LogP contribution < -0.4 is 5.73 Å². The molecule has 1 aromatic heterocycles. The van der Waals surface area contributed by atoms with Crippen molar-refractivity contribution in [3.8, 4) is 5.75 Å². The molecule has 3 N–H and O–H groups in total. The minimum absolute atomic E-state index is 0.118. The van der Waals surface area contributed by atoms with Gasteiger partial charge in [-0.05, 0) is 6.07 Å². The number of aromatic nitrogens is 1. The number of carbonyl (C=O) groups excluding carboxylic acids is 1. The predicted octanol–water partition coefficient (Wildman–Crippen LogP) is -0.166. The maximum atomic E-state index is 11.9. The average Bonchev–Trinajstić information content (AvgIpc) is 2.34. The summed E-state index contributed by atoms with van der Waals surface area (Å²) in [5.74, 6) is -0.381. The van der Waals surface area contributed by atoms with Crippen molar-refractivity contribution in [1.29, 1.82) is 0 Å². The topological polar surface area (TPSA) is 88.7 Å². The molecule has 0 saturated heterocycles. The lowest BCUT2D eigenvalue weighted by molar-refractivity contribution is 0.0701. The third-order valence-corrected chi connectivity index (χ3v) is 2.21. The van der Waals surface area contributed by atoms with Crippen molar-refractivity contribution < 1.29 is 14.6 Å². The lowest BCUT2D eigenvalue weighted by Gasteiger charge is -2.17. The molecule has 1 aromatic rings. The highest BCUT2D eigenvalue weighted by atomic mass is 16.5. The largest absolute Gasteiger partial charge is 0.505 e. The highest BCUT2D eigenvalue weighted by Crippen LogP contribution is 2.15. The molecule has 0 aliphatic heterocycles. The molecule has 0 saturated carbocycles. The number of pyridine rings is 1. The number of ether oxygens (including phenoxy) is 1. The second-order valence-electron chi connectivity index (χ2n) is 3.52. The van der Waals surface area contributed by atoms with E-state index in [1.807, 2.05) is 0 Å². The molecule has 0 atom stereocenters. The average molecular weight is 239 g/mol. The molecular weight excluding hydrogens is 222 g/mol. The van der Waals surface area contributed by atoms with Gasteiger partial charge in [0.2, 0.25) is 0 Å². The van der Waals surface area contributed by atoms with E-state index in [0.29, 0.717) is 26.3 Å². The fraction of sp³-hybridized carbons (Fsp3) is 0.455. The van der Waals surface area contributed by atoms with Crippen LogP contribution in [0.25, 0.3) is 0 Å². The first kappa shape index (κ1) is 13.4. The number of aromatic hydroxyl groups is 1. The van der Waals surface area contributed by atoms with E-state index in [9.17, 15) is 9.90 Å². The molecule has 0 aliphatic carbocycles. The maximum Gasteiger partial charge on any atom is 0.257 e. The van der Waals surface area contributed by atoms with Gasteiger partial charge >= 0.3 is 0 Å². The fourth-order valence-electron chi connectivity index (χ4n) is 1.26. The number of nitrogens with zero attached hydrogens (tertiary/aromatic N) is 2. The van der Waals surface area contributed by atoms with E-state index in [-0.39, 0.29) is 17.2 Å². The summed E-state index contributed by atoms with van der Waals surface area (Å²) in [6, 6.07) is 1.48. The van der Waals surface area contributed by atoms with Gasteiger partial charge in [-0.3, -0.25) is 9.78 Å². The molecule has 1 amide bonds. The standard InChI is InChI=1S/C11H17N3O3/c1-14(5-7-17-6-3-12)11(16)9-2-4-13-8-10(9)15/h2,4,8,15H,3,5-7,12H2,1H3. The van der Waals surface area contributed by atoms with Gasteiger partial charge in [-0.15, -0.1) is 0 Å². The van der Waals surface area contributed by atoms with E-state index in [2.05, 4.69) is 4.98 Å². The van der Waals surface area contributed by atoms with Gasteiger partial charge in [-0.2, -0.15) is 0 Å². The Morgan fingerprint density at radius 3 is 3.00 bits per heavy atom. The molecule has 1 rings (SSSR count). The molecule has 0 radical (unpaired) electrons. The zero-order valence-electron chi connectivity index (χ0n) is 9.80. The van der Waals surface area contributed by atoms with Gasteiger partial charge in [0.05, 0.1) is 25.0 Å². The Labute approximate surface area is 100 Å². The molecule has 6 heteroatoms. The van der Waals surface area contributed by atoms with Crippen LogP contribution >= 0.6 is 0 Å². The molecule has 94 valence electrons. The second kappa shape index (κ2) is 6.82. The van der Waals surface area contributed by atoms with Crippen molar-refractivity contribution in [3.63, 3.8) is 0 Å². The highest BCUT2D eigenvalue weighted by Gasteiger charge is 2.14. The van der Waals surface area contributed by atoms with Crippen molar-refractivity contribution >= 4 is 5.91 Å². The zero-order valence-corrected chi connectivity index (χ0v) is 9.80. The Morgan fingerprint density at radius 1 is 1.59 bits per heavy atom. The lowest BCUT2D eigenvalue weighted by Crippen LogP contribution is -2.30. The molecule has 17 heavy (non-hydrogen) atoms. The molecule has 0 unspecified atom stereocenters. The smallest absolute Gasteiger partial charge is 0.257 e. The van der Waals surface area contributed by atoms with E-state index in [0.717, 1.165) is 0 Å². The van der Waals surface area contributed by atoms with E-state index < -0.39 is 0 Å². The molecule has 0 spiro atoms. The van der Waals surface area contributed by atoms with Gasteiger partial charge in [0, 0.05) is 26.3 Å². The molecule has 0 bridgehead atoms. The van der Waals surface area contributed by atoms with Gasteiger partial charge in [0.25, 0.3) is 5.91 Å². The van der Waals surface area contributed by atoms with Crippen LogP contribution in [0.2, 0.25) is 0 Å². The molecule has 1 heterocycles. The fourth-order valence-corrected chi connectivity index (χ4v) is 1.26. The van der Waals surface area contributed by atoms with Gasteiger partial charge in [0.1, 0.15) is 5.75 Å². The highest BCUT2D eigenvalue weighted by molar-refractivity contribution is 5.96. The maximum absolute atomic E-state index is 11.9. The van der Waals surface area contributed by atoms with E-state index in [4.69, 9.17) is 10.5 Å². The number of likely N-dealkylation sites (N-methyl/N-ethyl adjacent to an activating group) is 1. The third-order valence-electron chi connectivity index (χ3n) is 2.21. The number of rotatable bonds is 6. The Balaban J connectivity index is 2.49. The Kier molecular flexibility index (Phi) is 5.38. The van der Waals surface area contributed by atoms with Crippen molar-refractivity contribution in [3.05, 3.63) is 24.0 Å². The van der Waals surface area contributed by atoms with Crippen LogP contribution in [-0.2, 0) is 4.74 Å². The minimum Gasteiger partial charge on any atom is -0.505 e. The molecular formula is C11H17N3O3. The van der Waals surface area contributed by atoms with Gasteiger partial charge in [-0.1, -0.05) is 0 Å². The van der Waals surface area contributed by atoms with E-state index in [1.54, 1.807) is 7.05 Å². The SMILES string of the molecule is CN(CCOCCN)C(=O)c1ccncc1O. The normalized spacial score (nSPS) is 10.2. The van der Waals surface area contributed by atoms with Crippen LogP contribution in [0.15, 0.2) is 18.5 Å². The first-order chi connectivity index (χ1) is 8.16. The van der Waals surface area contributed by atoms with Crippen LogP contribution in [0.4, 0.5) is 0 Å². The summed E-state index contributed by atoms with van der Waals surface area (Å²) >= 11 is 0. The number of hydrogen-bond acceptors (Lipinski definition) is 5. The lowest BCUT2D eigenvalue weighted by atomic mass is 10.2. The first-order valence-corrected chi connectivity index (χ1v) is 5.33. The number of nitrogens with two attached hydrogens (primary N) is 1. The summed E-state index contributed by atoms with van der Waals surface area (Å²) in [5, 5.41) is 9.48. The zero-order chi connectivity index (χ0) is 12.7. The first-order valence-electron chi connectivity index (χ1n) is 5.33.